The Balaban J connectivity index is 1.48. The maximum atomic E-state index is 12.5. The van der Waals surface area contributed by atoms with Crippen molar-refractivity contribution in [1.82, 2.24) is 9.96 Å². The van der Waals surface area contributed by atoms with E-state index in [1.807, 2.05) is 63.2 Å². The van der Waals surface area contributed by atoms with E-state index in [9.17, 15) is 9.59 Å². The first-order valence-corrected chi connectivity index (χ1v) is 9.45. The Morgan fingerprint density at radius 2 is 1.46 bits per heavy atom. The first-order chi connectivity index (χ1) is 13.5. The van der Waals surface area contributed by atoms with E-state index in [1.165, 1.54) is 0 Å². The maximum Gasteiger partial charge on any atom is 0.357 e. The lowest BCUT2D eigenvalue weighted by Gasteiger charge is -2.33. The fourth-order valence-electron chi connectivity index (χ4n) is 3.28. The lowest BCUT2D eigenvalue weighted by Crippen LogP contribution is -2.50. The molecule has 3 rings (SSSR count). The van der Waals surface area contributed by atoms with Crippen LogP contribution >= 0.6 is 0 Å². The van der Waals surface area contributed by atoms with Gasteiger partial charge in [-0.05, 0) is 43.5 Å². The van der Waals surface area contributed by atoms with Crippen LogP contribution in [0, 0.1) is 20.8 Å². The summed E-state index contributed by atoms with van der Waals surface area (Å²) >= 11 is 0. The molecule has 0 spiro atoms. The standard InChI is InChI=1S/C22H26N2O4/c1-16-7-4-5-10-19(16)27-15-20(25)23-11-13-24(14-12-23)28-22(26)21-17(2)8-6-9-18(21)3/h4-10H,11-15H2,1-3H3. The first-order valence-electron chi connectivity index (χ1n) is 9.45. The van der Waals surface area contributed by atoms with Crippen molar-refractivity contribution in [2.45, 2.75) is 20.8 Å². The monoisotopic (exact) mass is 382 g/mol. The molecular weight excluding hydrogens is 356 g/mol. The molecule has 0 N–H and O–H groups in total. The fraction of sp³-hybridized carbons (Fsp3) is 0.364. The van der Waals surface area contributed by atoms with Crippen LogP contribution in [0.15, 0.2) is 42.5 Å². The van der Waals surface area contributed by atoms with Crippen molar-refractivity contribution in [1.29, 1.82) is 0 Å². The highest BCUT2D eigenvalue weighted by atomic mass is 16.7. The van der Waals surface area contributed by atoms with Crippen LogP contribution in [0.25, 0.3) is 0 Å². The Labute approximate surface area is 165 Å². The summed E-state index contributed by atoms with van der Waals surface area (Å²) in [6.07, 6.45) is 0. The molecule has 148 valence electrons. The average molecular weight is 382 g/mol. The summed E-state index contributed by atoms with van der Waals surface area (Å²) in [5.41, 5.74) is 3.39. The van der Waals surface area contributed by atoms with Gasteiger partial charge in [-0.2, -0.15) is 0 Å². The molecule has 1 heterocycles. The lowest BCUT2D eigenvalue weighted by atomic mass is 10.0. The molecule has 1 saturated heterocycles. The third-order valence-corrected chi connectivity index (χ3v) is 4.93. The molecule has 0 aliphatic carbocycles. The number of benzene rings is 2. The number of hydrogen-bond acceptors (Lipinski definition) is 5. The molecule has 6 nitrogen and oxygen atoms in total. The topological polar surface area (TPSA) is 59.1 Å². The molecule has 28 heavy (non-hydrogen) atoms. The summed E-state index contributed by atoms with van der Waals surface area (Å²) in [7, 11) is 0. The van der Waals surface area contributed by atoms with Gasteiger partial charge in [-0.15, -0.1) is 5.06 Å². The number of nitrogens with zero attached hydrogens (tertiary/aromatic N) is 2. The van der Waals surface area contributed by atoms with E-state index in [-0.39, 0.29) is 18.5 Å². The summed E-state index contributed by atoms with van der Waals surface area (Å²) < 4.78 is 5.64. The number of carbonyl (C=O) groups excluding carboxylic acids is 2. The predicted molar refractivity (Wildman–Crippen MR) is 106 cm³/mol. The molecule has 0 bridgehead atoms. The normalized spacial score (nSPS) is 14.6. The molecule has 6 heteroatoms. The van der Waals surface area contributed by atoms with Gasteiger partial charge < -0.3 is 14.5 Å². The first kappa shape index (κ1) is 19.9. The number of ether oxygens (including phenoxy) is 1. The molecule has 0 aromatic heterocycles. The van der Waals surface area contributed by atoms with Gasteiger partial charge in [0.1, 0.15) is 5.75 Å². The number of piperazine rings is 1. The molecule has 1 fully saturated rings. The van der Waals surface area contributed by atoms with Crippen molar-refractivity contribution >= 4 is 11.9 Å². The van der Waals surface area contributed by atoms with Crippen LogP contribution in [-0.4, -0.2) is 54.6 Å². The molecular formula is C22H26N2O4. The zero-order chi connectivity index (χ0) is 20.1. The van der Waals surface area contributed by atoms with Gasteiger partial charge in [0.05, 0.1) is 18.7 Å². The van der Waals surface area contributed by atoms with Gasteiger partial charge in [-0.3, -0.25) is 4.79 Å². The van der Waals surface area contributed by atoms with Gasteiger partial charge in [0.15, 0.2) is 6.61 Å². The van der Waals surface area contributed by atoms with Crippen LogP contribution in [-0.2, 0) is 9.63 Å². The molecule has 1 aliphatic rings. The molecule has 0 atom stereocenters. The minimum Gasteiger partial charge on any atom is -0.484 e. The average Bonchev–Trinajstić information content (AvgIpc) is 2.67. The number of hydrogen-bond donors (Lipinski definition) is 0. The van der Waals surface area contributed by atoms with Gasteiger partial charge in [-0.25, -0.2) is 4.79 Å². The van der Waals surface area contributed by atoms with Crippen LogP contribution < -0.4 is 4.74 Å². The van der Waals surface area contributed by atoms with Crippen molar-refractivity contribution in [2.24, 2.45) is 0 Å². The highest BCUT2D eigenvalue weighted by molar-refractivity contribution is 5.92. The van der Waals surface area contributed by atoms with E-state index in [4.69, 9.17) is 9.57 Å². The third-order valence-electron chi connectivity index (χ3n) is 4.93. The maximum absolute atomic E-state index is 12.5. The highest BCUT2D eigenvalue weighted by Crippen LogP contribution is 2.17. The Hall–Kier alpha value is -2.86. The molecule has 2 aromatic rings. The summed E-state index contributed by atoms with van der Waals surface area (Å²) in [4.78, 5) is 32.2. The lowest BCUT2D eigenvalue weighted by molar-refractivity contribution is -0.150. The summed E-state index contributed by atoms with van der Waals surface area (Å²) in [5, 5.41) is 1.63. The van der Waals surface area contributed by atoms with E-state index in [0.717, 1.165) is 22.4 Å². The third kappa shape index (κ3) is 4.70. The number of amides is 1. The number of carbonyl (C=O) groups is 2. The fourth-order valence-corrected chi connectivity index (χ4v) is 3.28. The van der Waals surface area contributed by atoms with Crippen LogP contribution in [0.3, 0.4) is 0 Å². The molecule has 1 amide bonds. The van der Waals surface area contributed by atoms with Crippen LogP contribution in [0.2, 0.25) is 0 Å². The second kappa shape index (κ2) is 8.89. The largest absolute Gasteiger partial charge is 0.484 e. The highest BCUT2D eigenvalue weighted by Gasteiger charge is 2.25. The number of rotatable bonds is 5. The Bertz CT molecular complexity index is 837. The molecule has 1 aliphatic heterocycles. The second-order valence-corrected chi connectivity index (χ2v) is 7.01. The molecule has 2 aromatic carbocycles. The predicted octanol–water partition coefficient (Wildman–Crippen LogP) is 2.91. The quantitative estimate of drug-likeness (QED) is 0.796. The SMILES string of the molecule is Cc1ccccc1OCC(=O)N1CCN(OC(=O)c2c(C)cccc2C)CC1. The summed E-state index contributed by atoms with van der Waals surface area (Å²) in [6.45, 7) is 7.70. The van der Waals surface area contributed by atoms with E-state index in [0.29, 0.717) is 31.7 Å². The minimum absolute atomic E-state index is 0.00699. The van der Waals surface area contributed by atoms with E-state index >= 15 is 0 Å². The second-order valence-electron chi connectivity index (χ2n) is 7.01. The van der Waals surface area contributed by atoms with Crippen molar-refractivity contribution in [2.75, 3.05) is 32.8 Å². The van der Waals surface area contributed by atoms with Crippen molar-refractivity contribution in [3.8, 4) is 5.75 Å². The van der Waals surface area contributed by atoms with Gasteiger partial charge in [0, 0.05) is 13.1 Å². The van der Waals surface area contributed by atoms with Gasteiger partial charge in [0.2, 0.25) is 0 Å². The smallest absolute Gasteiger partial charge is 0.357 e. The van der Waals surface area contributed by atoms with Gasteiger partial charge in [0.25, 0.3) is 5.91 Å². The number of para-hydroxylation sites is 1. The van der Waals surface area contributed by atoms with Crippen LogP contribution in [0.1, 0.15) is 27.0 Å². The molecule has 0 saturated carbocycles. The van der Waals surface area contributed by atoms with Gasteiger partial charge in [-0.1, -0.05) is 36.4 Å². The Kier molecular flexibility index (Phi) is 6.31. The van der Waals surface area contributed by atoms with E-state index < -0.39 is 0 Å². The zero-order valence-electron chi connectivity index (χ0n) is 16.6. The Morgan fingerprint density at radius 3 is 2.11 bits per heavy atom. The minimum atomic E-state index is -0.349. The van der Waals surface area contributed by atoms with Crippen molar-refractivity contribution in [3.63, 3.8) is 0 Å². The Morgan fingerprint density at radius 1 is 0.857 bits per heavy atom. The summed E-state index contributed by atoms with van der Waals surface area (Å²) in [6, 6.07) is 13.3. The number of hydroxylamine groups is 2. The van der Waals surface area contributed by atoms with Gasteiger partial charge >= 0.3 is 5.97 Å². The number of aryl methyl sites for hydroxylation is 3. The summed E-state index contributed by atoms with van der Waals surface area (Å²) in [5.74, 6) is 0.305. The van der Waals surface area contributed by atoms with E-state index in [2.05, 4.69) is 0 Å². The molecule has 0 unspecified atom stereocenters. The van der Waals surface area contributed by atoms with Crippen molar-refractivity contribution < 1.29 is 19.2 Å². The van der Waals surface area contributed by atoms with Crippen LogP contribution in [0.5, 0.6) is 5.75 Å². The zero-order valence-corrected chi connectivity index (χ0v) is 16.6. The molecule has 0 radical (unpaired) electrons. The van der Waals surface area contributed by atoms with Crippen LogP contribution in [0.4, 0.5) is 0 Å². The van der Waals surface area contributed by atoms with Crippen molar-refractivity contribution in [3.05, 3.63) is 64.7 Å². The van der Waals surface area contributed by atoms with E-state index in [1.54, 1.807) is 9.96 Å².